The average Bonchev–Trinajstić information content (AvgIpc) is 2.49. The van der Waals surface area contributed by atoms with Crippen LogP contribution in [0.25, 0.3) is 11.0 Å². The molecule has 0 saturated heterocycles. The first-order chi connectivity index (χ1) is 6.68. The standard InChI is InChI=1S/C10H11BrN2O/c1-6(12)5-7-3-2-4-8-9(7)14-13-10(8)11/h2-4,6H,5,12H2,1H3. The molecule has 0 fully saturated rings. The summed E-state index contributed by atoms with van der Waals surface area (Å²) in [6, 6.07) is 6.11. The van der Waals surface area contributed by atoms with E-state index in [9.17, 15) is 0 Å². The average molecular weight is 255 g/mol. The molecule has 4 heteroatoms. The van der Waals surface area contributed by atoms with Gasteiger partial charge in [0, 0.05) is 6.04 Å². The third kappa shape index (κ3) is 1.67. The van der Waals surface area contributed by atoms with Gasteiger partial charge in [0.2, 0.25) is 0 Å². The minimum Gasteiger partial charge on any atom is -0.355 e. The molecular formula is C10H11BrN2O. The minimum absolute atomic E-state index is 0.129. The van der Waals surface area contributed by atoms with E-state index in [-0.39, 0.29) is 6.04 Å². The molecule has 0 bridgehead atoms. The van der Waals surface area contributed by atoms with Crippen LogP contribution in [0.2, 0.25) is 0 Å². The monoisotopic (exact) mass is 254 g/mol. The molecule has 1 atom stereocenters. The Morgan fingerprint density at radius 3 is 3.07 bits per heavy atom. The molecule has 2 rings (SSSR count). The Morgan fingerprint density at radius 2 is 2.36 bits per heavy atom. The van der Waals surface area contributed by atoms with Gasteiger partial charge in [0.25, 0.3) is 0 Å². The Kier molecular flexibility index (Phi) is 2.56. The summed E-state index contributed by atoms with van der Waals surface area (Å²) in [6.45, 7) is 1.98. The maximum absolute atomic E-state index is 5.75. The van der Waals surface area contributed by atoms with E-state index in [1.165, 1.54) is 0 Å². The van der Waals surface area contributed by atoms with Gasteiger partial charge in [-0.1, -0.05) is 17.3 Å². The van der Waals surface area contributed by atoms with Crippen molar-refractivity contribution in [3.05, 3.63) is 28.4 Å². The van der Waals surface area contributed by atoms with Crippen LogP contribution in [-0.2, 0) is 6.42 Å². The molecule has 2 N–H and O–H groups in total. The Labute approximate surface area is 90.4 Å². The van der Waals surface area contributed by atoms with Crippen LogP contribution in [-0.4, -0.2) is 11.2 Å². The molecule has 14 heavy (non-hydrogen) atoms. The molecule has 1 aromatic carbocycles. The van der Waals surface area contributed by atoms with E-state index in [1.54, 1.807) is 0 Å². The number of halogens is 1. The Bertz CT molecular complexity index is 450. The van der Waals surface area contributed by atoms with Gasteiger partial charge in [0.1, 0.15) is 0 Å². The molecule has 0 spiro atoms. The van der Waals surface area contributed by atoms with Crippen molar-refractivity contribution in [1.82, 2.24) is 5.16 Å². The van der Waals surface area contributed by atoms with Crippen LogP contribution in [0.4, 0.5) is 0 Å². The first-order valence-electron chi connectivity index (χ1n) is 4.47. The van der Waals surface area contributed by atoms with Gasteiger partial charge < -0.3 is 10.3 Å². The van der Waals surface area contributed by atoms with E-state index in [2.05, 4.69) is 21.1 Å². The van der Waals surface area contributed by atoms with Crippen molar-refractivity contribution >= 4 is 26.9 Å². The molecule has 2 aromatic rings. The third-order valence-corrected chi connectivity index (χ3v) is 2.65. The normalized spacial score (nSPS) is 13.4. The van der Waals surface area contributed by atoms with Crippen molar-refractivity contribution in [3.63, 3.8) is 0 Å². The maximum Gasteiger partial charge on any atom is 0.171 e. The highest BCUT2D eigenvalue weighted by Gasteiger charge is 2.10. The number of nitrogens with zero attached hydrogens (tertiary/aromatic N) is 1. The highest BCUT2D eigenvalue weighted by atomic mass is 79.9. The van der Waals surface area contributed by atoms with Gasteiger partial charge in [0.05, 0.1) is 5.39 Å². The van der Waals surface area contributed by atoms with Crippen molar-refractivity contribution in [1.29, 1.82) is 0 Å². The summed E-state index contributed by atoms with van der Waals surface area (Å²) in [5, 5.41) is 4.87. The fraction of sp³-hybridized carbons (Fsp3) is 0.300. The van der Waals surface area contributed by atoms with E-state index < -0.39 is 0 Å². The van der Waals surface area contributed by atoms with E-state index >= 15 is 0 Å². The summed E-state index contributed by atoms with van der Waals surface area (Å²) in [6.07, 6.45) is 0.805. The highest BCUT2D eigenvalue weighted by molar-refractivity contribution is 9.10. The number of aromatic nitrogens is 1. The summed E-state index contributed by atoms with van der Waals surface area (Å²) in [7, 11) is 0. The zero-order valence-corrected chi connectivity index (χ0v) is 9.41. The third-order valence-electron chi connectivity index (χ3n) is 2.08. The van der Waals surface area contributed by atoms with E-state index in [0.717, 1.165) is 27.6 Å². The topological polar surface area (TPSA) is 52.0 Å². The summed E-state index contributed by atoms with van der Waals surface area (Å²) in [4.78, 5) is 0. The van der Waals surface area contributed by atoms with Crippen LogP contribution in [0, 0.1) is 0 Å². The molecule has 1 aromatic heterocycles. The Hall–Kier alpha value is -0.870. The molecule has 1 unspecified atom stereocenters. The number of nitrogens with two attached hydrogens (primary N) is 1. The van der Waals surface area contributed by atoms with Gasteiger partial charge in [-0.05, 0) is 40.9 Å². The SMILES string of the molecule is CC(N)Cc1cccc2c(Br)noc12. The molecular weight excluding hydrogens is 244 g/mol. The number of para-hydroxylation sites is 1. The largest absolute Gasteiger partial charge is 0.355 e. The van der Waals surface area contributed by atoms with Gasteiger partial charge in [-0.15, -0.1) is 0 Å². The predicted molar refractivity (Wildman–Crippen MR) is 59.1 cm³/mol. The number of fused-ring (bicyclic) bond motifs is 1. The van der Waals surface area contributed by atoms with Crippen molar-refractivity contribution < 1.29 is 4.52 Å². The number of hydrogen-bond donors (Lipinski definition) is 1. The lowest BCUT2D eigenvalue weighted by Crippen LogP contribution is -2.17. The van der Waals surface area contributed by atoms with Crippen molar-refractivity contribution in [2.75, 3.05) is 0 Å². The first kappa shape index (κ1) is 9.68. The molecule has 0 aliphatic heterocycles. The van der Waals surface area contributed by atoms with Crippen LogP contribution >= 0.6 is 15.9 Å². The van der Waals surface area contributed by atoms with Gasteiger partial charge in [-0.25, -0.2) is 0 Å². The predicted octanol–water partition coefficient (Wildman–Crippen LogP) is 2.48. The second kappa shape index (κ2) is 3.71. The molecule has 0 aliphatic carbocycles. The van der Waals surface area contributed by atoms with Crippen LogP contribution in [0.15, 0.2) is 27.3 Å². The minimum atomic E-state index is 0.129. The first-order valence-corrected chi connectivity index (χ1v) is 5.26. The molecule has 3 nitrogen and oxygen atoms in total. The summed E-state index contributed by atoms with van der Waals surface area (Å²) in [5.74, 6) is 0. The van der Waals surface area contributed by atoms with Gasteiger partial charge >= 0.3 is 0 Å². The van der Waals surface area contributed by atoms with Crippen molar-refractivity contribution in [2.24, 2.45) is 5.73 Å². The zero-order valence-electron chi connectivity index (χ0n) is 7.83. The van der Waals surface area contributed by atoms with Crippen LogP contribution < -0.4 is 5.73 Å². The van der Waals surface area contributed by atoms with Crippen LogP contribution in [0.3, 0.4) is 0 Å². The quantitative estimate of drug-likeness (QED) is 0.896. The van der Waals surface area contributed by atoms with Crippen LogP contribution in [0.1, 0.15) is 12.5 Å². The fourth-order valence-corrected chi connectivity index (χ4v) is 1.88. The Morgan fingerprint density at radius 1 is 1.57 bits per heavy atom. The molecule has 0 radical (unpaired) electrons. The lowest BCUT2D eigenvalue weighted by molar-refractivity contribution is 0.448. The number of hydrogen-bond acceptors (Lipinski definition) is 3. The van der Waals surface area contributed by atoms with Gasteiger partial charge in [-0.2, -0.15) is 0 Å². The smallest absolute Gasteiger partial charge is 0.171 e. The van der Waals surface area contributed by atoms with Crippen molar-refractivity contribution in [2.45, 2.75) is 19.4 Å². The summed E-state index contributed by atoms with van der Waals surface area (Å²) < 4.78 is 5.98. The zero-order chi connectivity index (χ0) is 10.1. The van der Waals surface area contributed by atoms with E-state index in [0.29, 0.717) is 0 Å². The molecule has 0 saturated carbocycles. The lowest BCUT2D eigenvalue weighted by Gasteiger charge is -2.04. The Balaban J connectivity index is 2.54. The molecule has 74 valence electrons. The van der Waals surface area contributed by atoms with E-state index in [4.69, 9.17) is 10.3 Å². The maximum atomic E-state index is 5.75. The summed E-state index contributed by atoms with van der Waals surface area (Å²) in [5.41, 5.74) is 7.69. The second-order valence-electron chi connectivity index (χ2n) is 3.45. The molecule has 0 amide bonds. The fourth-order valence-electron chi connectivity index (χ4n) is 1.50. The lowest BCUT2D eigenvalue weighted by atomic mass is 10.1. The van der Waals surface area contributed by atoms with E-state index in [1.807, 2.05) is 25.1 Å². The number of rotatable bonds is 2. The molecule has 1 heterocycles. The molecule has 0 aliphatic rings. The second-order valence-corrected chi connectivity index (χ2v) is 4.20. The van der Waals surface area contributed by atoms with Gasteiger partial charge in [0.15, 0.2) is 10.2 Å². The van der Waals surface area contributed by atoms with Crippen molar-refractivity contribution in [3.8, 4) is 0 Å². The summed E-state index contributed by atoms with van der Waals surface area (Å²) >= 11 is 3.33. The number of benzene rings is 1. The van der Waals surface area contributed by atoms with Crippen LogP contribution in [0.5, 0.6) is 0 Å². The van der Waals surface area contributed by atoms with Gasteiger partial charge in [-0.3, -0.25) is 0 Å². The highest BCUT2D eigenvalue weighted by Crippen LogP contribution is 2.26.